The van der Waals surface area contributed by atoms with E-state index < -0.39 is 22.6 Å². The molecule has 0 radical (unpaired) electrons. The Morgan fingerprint density at radius 1 is 1.53 bits per heavy atom. The maximum Gasteiger partial charge on any atom is 0.328 e. The summed E-state index contributed by atoms with van der Waals surface area (Å²) in [5, 5.41) is 8.86. The van der Waals surface area contributed by atoms with Gasteiger partial charge in [0.2, 0.25) is 0 Å². The van der Waals surface area contributed by atoms with Gasteiger partial charge in [-0.15, -0.1) is 0 Å². The maximum atomic E-state index is 11.3. The average molecular weight is 212 g/mol. The van der Waals surface area contributed by atoms with Crippen LogP contribution < -0.4 is 11.2 Å². The van der Waals surface area contributed by atoms with Crippen molar-refractivity contribution in [2.45, 2.75) is 20.4 Å². The standard InChI is InChI=1S/C9H12N2O4/c1-9(2,7(13)14)5-11-6(12)3-4-10-8(11)15/h3-4H,5H2,1-2H3,(H,10,15)(H,13,14). The van der Waals surface area contributed by atoms with Crippen molar-refractivity contribution in [3.8, 4) is 0 Å². The molecule has 0 aliphatic carbocycles. The smallest absolute Gasteiger partial charge is 0.328 e. The third-order valence-electron chi connectivity index (χ3n) is 2.08. The first kappa shape index (κ1) is 11.2. The van der Waals surface area contributed by atoms with Crippen LogP contribution in [0.2, 0.25) is 0 Å². The predicted octanol–water partition coefficient (Wildman–Crippen LogP) is -0.353. The number of carboxylic acids is 1. The first-order chi connectivity index (χ1) is 6.84. The van der Waals surface area contributed by atoms with Crippen LogP contribution in [0, 0.1) is 5.41 Å². The summed E-state index contributed by atoms with van der Waals surface area (Å²) in [5.41, 5.74) is -2.26. The number of hydrogen-bond acceptors (Lipinski definition) is 3. The van der Waals surface area contributed by atoms with Crippen LogP contribution >= 0.6 is 0 Å². The summed E-state index contributed by atoms with van der Waals surface area (Å²) >= 11 is 0. The third-order valence-corrected chi connectivity index (χ3v) is 2.08. The number of nitrogens with one attached hydrogen (secondary N) is 1. The Balaban J connectivity index is 3.16. The molecule has 0 bridgehead atoms. The van der Waals surface area contributed by atoms with Crippen molar-refractivity contribution in [3.05, 3.63) is 33.1 Å². The number of nitrogens with zero attached hydrogens (tertiary/aromatic N) is 1. The summed E-state index contributed by atoms with van der Waals surface area (Å²) in [5.74, 6) is -1.06. The number of carboxylic acid groups (broad SMARTS) is 1. The molecular weight excluding hydrogens is 200 g/mol. The highest BCUT2D eigenvalue weighted by atomic mass is 16.4. The van der Waals surface area contributed by atoms with E-state index in [-0.39, 0.29) is 6.54 Å². The van der Waals surface area contributed by atoms with Gasteiger partial charge in [0, 0.05) is 18.8 Å². The zero-order chi connectivity index (χ0) is 11.6. The largest absolute Gasteiger partial charge is 0.481 e. The lowest BCUT2D eigenvalue weighted by atomic mass is 9.94. The van der Waals surface area contributed by atoms with E-state index in [4.69, 9.17) is 5.11 Å². The lowest BCUT2D eigenvalue weighted by Gasteiger charge is -2.19. The monoisotopic (exact) mass is 212 g/mol. The molecule has 0 spiro atoms. The summed E-state index contributed by atoms with van der Waals surface area (Å²) in [7, 11) is 0. The lowest BCUT2D eigenvalue weighted by molar-refractivity contribution is -0.147. The van der Waals surface area contributed by atoms with Gasteiger partial charge in [-0.3, -0.25) is 14.2 Å². The molecule has 0 atom stereocenters. The number of hydrogen-bond donors (Lipinski definition) is 2. The van der Waals surface area contributed by atoms with Crippen molar-refractivity contribution in [1.29, 1.82) is 0 Å². The van der Waals surface area contributed by atoms with E-state index in [2.05, 4.69) is 4.98 Å². The summed E-state index contributed by atoms with van der Waals surface area (Å²) < 4.78 is 0.869. The van der Waals surface area contributed by atoms with Gasteiger partial charge < -0.3 is 10.1 Å². The minimum Gasteiger partial charge on any atom is -0.481 e. The summed E-state index contributed by atoms with van der Waals surface area (Å²) in [6.45, 7) is 2.75. The highest BCUT2D eigenvalue weighted by molar-refractivity contribution is 5.73. The minimum absolute atomic E-state index is 0.155. The zero-order valence-corrected chi connectivity index (χ0v) is 8.48. The van der Waals surface area contributed by atoms with Gasteiger partial charge >= 0.3 is 11.7 Å². The Labute approximate surface area is 85.2 Å². The van der Waals surface area contributed by atoms with Gasteiger partial charge in [0.05, 0.1) is 5.41 Å². The SMILES string of the molecule is CC(C)(Cn1c(=O)cc[nH]c1=O)C(=O)O. The second kappa shape index (κ2) is 3.72. The van der Waals surface area contributed by atoms with E-state index in [9.17, 15) is 14.4 Å². The van der Waals surface area contributed by atoms with Gasteiger partial charge in [-0.25, -0.2) is 4.79 Å². The van der Waals surface area contributed by atoms with Crippen LogP contribution in [-0.4, -0.2) is 20.6 Å². The van der Waals surface area contributed by atoms with Gasteiger partial charge in [-0.05, 0) is 13.8 Å². The number of H-pyrrole nitrogens is 1. The fourth-order valence-corrected chi connectivity index (χ4v) is 1.06. The Hall–Kier alpha value is -1.85. The molecule has 0 fully saturated rings. The highest BCUT2D eigenvalue weighted by Crippen LogP contribution is 2.15. The molecule has 0 aromatic carbocycles. The van der Waals surface area contributed by atoms with E-state index in [1.165, 1.54) is 26.1 Å². The second-order valence-electron chi connectivity index (χ2n) is 3.90. The Bertz CT molecular complexity index is 455. The molecule has 2 N–H and O–H groups in total. The quantitative estimate of drug-likeness (QED) is 0.716. The molecule has 0 aliphatic heterocycles. The first-order valence-electron chi connectivity index (χ1n) is 4.36. The van der Waals surface area contributed by atoms with E-state index in [0.717, 1.165) is 4.57 Å². The number of rotatable bonds is 3. The van der Waals surface area contributed by atoms with Gasteiger partial charge in [-0.2, -0.15) is 0 Å². The van der Waals surface area contributed by atoms with Crippen molar-refractivity contribution in [2.75, 3.05) is 0 Å². The molecule has 6 nitrogen and oxygen atoms in total. The molecule has 0 saturated heterocycles. The lowest BCUT2D eigenvalue weighted by Crippen LogP contribution is -2.41. The average Bonchev–Trinajstić information content (AvgIpc) is 2.11. The Kier molecular flexibility index (Phi) is 2.78. The van der Waals surface area contributed by atoms with Crippen LogP contribution in [0.1, 0.15) is 13.8 Å². The summed E-state index contributed by atoms with van der Waals surface area (Å²) in [4.78, 5) is 35.7. The van der Waals surface area contributed by atoms with Gasteiger partial charge in [0.25, 0.3) is 5.56 Å². The van der Waals surface area contributed by atoms with Crippen LogP contribution in [0.15, 0.2) is 21.9 Å². The van der Waals surface area contributed by atoms with Gasteiger partial charge in [-0.1, -0.05) is 0 Å². The van der Waals surface area contributed by atoms with Crippen LogP contribution in [0.25, 0.3) is 0 Å². The molecule has 0 unspecified atom stereocenters. The third kappa shape index (κ3) is 2.34. The molecule has 1 heterocycles. The predicted molar refractivity (Wildman–Crippen MR) is 52.7 cm³/mol. The molecular formula is C9H12N2O4. The van der Waals surface area contributed by atoms with E-state index in [0.29, 0.717) is 0 Å². The van der Waals surface area contributed by atoms with Gasteiger partial charge in [0.15, 0.2) is 0 Å². The van der Waals surface area contributed by atoms with Crippen molar-refractivity contribution in [2.24, 2.45) is 5.41 Å². The Morgan fingerprint density at radius 2 is 2.13 bits per heavy atom. The topological polar surface area (TPSA) is 92.2 Å². The minimum atomic E-state index is -1.15. The number of aliphatic carboxylic acids is 1. The zero-order valence-electron chi connectivity index (χ0n) is 8.48. The van der Waals surface area contributed by atoms with Crippen LogP contribution in [-0.2, 0) is 11.3 Å². The molecule has 0 aliphatic rings. The molecule has 82 valence electrons. The van der Waals surface area contributed by atoms with E-state index >= 15 is 0 Å². The molecule has 6 heteroatoms. The van der Waals surface area contributed by atoms with E-state index in [1.807, 2.05) is 0 Å². The van der Waals surface area contributed by atoms with Crippen molar-refractivity contribution >= 4 is 5.97 Å². The van der Waals surface area contributed by atoms with Crippen molar-refractivity contribution in [1.82, 2.24) is 9.55 Å². The first-order valence-corrected chi connectivity index (χ1v) is 4.36. The molecule has 0 amide bonds. The number of aromatic nitrogens is 2. The molecule has 1 rings (SSSR count). The van der Waals surface area contributed by atoms with E-state index in [1.54, 1.807) is 0 Å². The highest BCUT2D eigenvalue weighted by Gasteiger charge is 2.28. The van der Waals surface area contributed by atoms with Gasteiger partial charge in [0.1, 0.15) is 0 Å². The second-order valence-corrected chi connectivity index (χ2v) is 3.90. The van der Waals surface area contributed by atoms with Crippen molar-refractivity contribution in [3.63, 3.8) is 0 Å². The Morgan fingerprint density at radius 3 is 2.60 bits per heavy atom. The number of carbonyl (C=O) groups is 1. The molecule has 1 aromatic heterocycles. The number of aromatic amines is 1. The molecule has 15 heavy (non-hydrogen) atoms. The maximum absolute atomic E-state index is 11.3. The normalized spacial score (nSPS) is 11.3. The molecule has 0 saturated carbocycles. The fourth-order valence-electron chi connectivity index (χ4n) is 1.06. The van der Waals surface area contributed by atoms with Crippen LogP contribution in [0.4, 0.5) is 0 Å². The van der Waals surface area contributed by atoms with Crippen LogP contribution in [0.3, 0.4) is 0 Å². The van der Waals surface area contributed by atoms with Crippen LogP contribution in [0.5, 0.6) is 0 Å². The molecule has 1 aromatic rings. The summed E-state index contributed by atoms with van der Waals surface area (Å²) in [6.07, 6.45) is 1.23. The fraction of sp³-hybridized carbons (Fsp3) is 0.444. The summed E-state index contributed by atoms with van der Waals surface area (Å²) in [6, 6.07) is 1.18. The van der Waals surface area contributed by atoms with Crippen molar-refractivity contribution < 1.29 is 9.90 Å².